The summed E-state index contributed by atoms with van der Waals surface area (Å²) < 4.78 is 0. The maximum Gasteiger partial charge on any atom is 0.0634 e. The Kier molecular flexibility index (Phi) is 3.37. The zero-order valence-corrected chi connectivity index (χ0v) is 9.26. The van der Waals surface area contributed by atoms with E-state index >= 15 is 0 Å². The normalized spacial score (nSPS) is 21.5. The van der Waals surface area contributed by atoms with E-state index in [2.05, 4.69) is 11.9 Å². The second kappa shape index (κ2) is 4.75. The van der Waals surface area contributed by atoms with Crippen LogP contribution in [0.2, 0.25) is 0 Å². The molecule has 1 heterocycles. The van der Waals surface area contributed by atoms with Gasteiger partial charge in [0.05, 0.1) is 6.10 Å². The minimum atomic E-state index is -0.185. The van der Waals surface area contributed by atoms with Crippen molar-refractivity contribution >= 4 is 0 Å². The van der Waals surface area contributed by atoms with Gasteiger partial charge in [-0.1, -0.05) is 19.8 Å². The molecule has 2 unspecified atom stereocenters. The molecular weight excluding hydrogens is 186 g/mol. The predicted molar refractivity (Wildman–Crippen MR) is 60.6 cm³/mol. The van der Waals surface area contributed by atoms with Crippen molar-refractivity contribution in [1.82, 2.24) is 4.98 Å². The lowest BCUT2D eigenvalue weighted by Gasteiger charge is -2.24. The molecule has 0 bridgehead atoms. The molecule has 0 radical (unpaired) electrons. The highest BCUT2D eigenvalue weighted by Crippen LogP contribution is 2.34. The minimum absolute atomic E-state index is 0.185. The van der Waals surface area contributed by atoms with E-state index in [-0.39, 0.29) is 12.0 Å². The maximum atomic E-state index is 10.3. The molecule has 2 atom stereocenters. The molecule has 1 aromatic rings. The molecule has 1 aliphatic carbocycles. The van der Waals surface area contributed by atoms with Gasteiger partial charge < -0.3 is 5.11 Å². The van der Waals surface area contributed by atoms with Gasteiger partial charge in [0.15, 0.2) is 0 Å². The van der Waals surface area contributed by atoms with E-state index in [1.165, 1.54) is 31.2 Å². The van der Waals surface area contributed by atoms with Crippen LogP contribution in [0.5, 0.6) is 0 Å². The minimum Gasteiger partial charge on any atom is -0.392 e. The lowest BCUT2D eigenvalue weighted by atomic mass is 9.87. The molecule has 15 heavy (non-hydrogen) atoms. The van der Waals surface area contributed by atoms with Crippen LogP contribution in [0.1, 0.15) is 44.1 Å². The third kappa shape index (κ3) is 2.37. The summed E-state index contributed by atoms with van der Waals surface area (Å²) in [5.74, 6) is 0.740. The summed E-state index contributed by atoms with van der Waals surface area (Å²) in [6, 6.07) is 4.01. The van der Waals surface area contributed by atoms with E-state index < -0.39 is 0 Å². The molecule has 1 N–H and O–H groups in total. The topological polar surface area (TPSA) is 33.1 Å². The Morgan fingerprint density at radius 2 is 1.87 bits per heavy atom. The molecule has 0 spiro atoms. The lowest BCUT2D eigenvalue weighted by Crippen LogP contribution is -2.24. The molecule has 1 saturated carbocycles. The average molecular weight is 205 g/mol. The van der Waals surface area contributed by atoms with E-state index in [4.69, 9.17) is 0 Å². The second-order valence-electron chi connectivity index (χ2n) is 4.60. The first-order chi connectivity index (χ1) is 7.29. The second-order valence-corrected chi connectivity index (χ2v) is 4.60. The van der Waals surface area contributed by atoms with Gasteiger partial charge in [-0.3, -0.25) is 4.98 Å². The van der Waals surface area contributed by atoms with E-state index in [0.29, 0.717) is 5.92 Å². The Hall–Kier alpha value is -0.890. The number of aliphatic hydroxyl groups excluding tert-OH is 1. The van der Waals surface area contributed by atoms with Crippen LogP contribution in [0.25, 0.3) is 0 Å². The fraction of sp³-hybridized carbons (Fsp3) is 0.615. The van der Waals surface area contributed by atoms with Crippen LogP contribution in [0, 0.1) is 5.92 Å². The Morgan fingerprint density at radius 3 is 2.47 bits per heavy atom. The van der Waals surface area contributed by atoms with Gasteiger partial charge in [-0.05, 0) is 36.5 Å². The first kappa shape index (κ1) is 10.6. The summed E-state index contributed by atoms with van der Waals surface area (Å²) in [6.45, 7) is 2.11. The Morgan fingerprint density at radius 1 is 1.27 bits per heavy atom. The van der Waals surface area contributed by atoms with Crippen LogP contribution in [0.3, 0.4) is 0 Å². The molecule has 0 aliphatic heterocycles. The number of hydrogen-bond acceptors (Lipinski definition) is 2. The van der Waals surface area contributed by atoms with Crippen molar-refractivity contribution in [2.24, 2.45) is 5.92 Å². The number of pyridine rings is 1. The van der Waals surface area contributed by atoms with Crippen LogP contribution in [0.4, 0.5) is 0 Å². The molecular formula is C13H19NO. The van der Waals surface area contributed by atoms with E-state index in [9.17, 15) is 5.11 Å². The Bertz CT molecular complexity index is 293. The summed E-state index contributed by atoms with van der Waals surface area (Å²) in [5.41, 5.74) is 1.20. The summed E-state index contributed by atoms with van der Waals surface area (Å²) >= 11 is 0. The van der Waals surface area contributed by atoms with Crippen molar-refractivity contribution in [3.8, 4) is 0 Å². The van der Waals surface area contributed by atoms with E-state index in [0.717, 1.165) is 0 Å². The lowest BCUT2D eigenvalue weighted by molar-refractivity contribution is 0.0883. The van der Waals surface area contributed by atoms with Gasteiger partial charge in [0.25, 0.3) is 0 Å². The third-order valence-electron chi connectivity index (χ3n) is 3.63. The van der Waals surface area contributed by atoms with Crippen molar-refractivity contribution < 1.29 is 5.11 Å². The molecule has 2 rings (SSSR count). The molecule has 82 valence electrons. The molecule has 0 amide bonds. The Balaban J connectivity index is 2.03. The van der Waals surface area contributed by atoms with Crippen LogP contribution < -0.4 is 0 Å². The van der Waals surface area contributed by atoms with Gasteiger partial charge >= 0.3 is 0 Å². The monoisotopic (exact) mass is 205 g/mol. The standard InChI is InChI=1S/C13H19NO/c1-10(11-6-8-14-9-7-11)13(15)12-4-2-3-5-12/h6-10,12-13,15H,2-5H2,1H3. The van der Waals surface area contributed by atoms with Gasteiger partial charge in [-0.2, -0.15) is 0 Å². The maximum absolute atomic E-state index is 10.3. The third-order valence-corrected chi connectivity index (χ3v) is 3.63. The summed E-state index contributed by atoms with van der Waals surface area (Å²) in [4.78, 5) is 4.00. The first-order valence-corrected chi connectivity index (χ1v) is 5.87. The van der Waals surface area contributed by atoms with Crippen molar-refractivity contribution in [1.29, 1.82) is 0 Å². The first-order valence-electron chi connectivity index (χ1n) is 5.87. The van der Waals surface area contributed by atoms with Gasteiger partial charge in [0.1, 0.15) is 0 Å². The van der Waals surface area contributed by atoms with Gasteiger partial charge in [0.2, 0.25) is 0 Å². The Labute approximate surface area is 91.4 Å². The SMILES string of the molecule is CC(c1ccncc1)C(O)C1CCCC1. The molecule has 1 fully saturated rings. The number of aromatic nitrogens is 1. The number of aliphatic hydroxyl groups is 1. The van der Waals surface area contributed by atoms with Crippen molar-refractivity contribution in [2.75, 3.05) is 0 Å². The highest BCUT2D eigenvalue weighted by atomic mass is 16.3. The summed E-state index contributed by atoms with van der Waals surface area (Å²) in [6.07, 6.45) is 8.36. The van der Waals surface area contributed by atoms with E-state index in [1.54, 1.807) is 12.4 Å². The zero-order chi connectivity index (χ0) is 10.7. The van der Waals surface area contributed by atoms with Crippen LogP contribution in [-0.2, 0) is 0 Å². The van der Waals surface area contributed by atoms with Crippen LogP contribution in [-0.4, -0.2) is 16.2 Å². The number of rotatable bonds is 3. The van der Waals surface area contributed by atoms with Gasteiger partial charge in [-0.15, -0.1) is 0 Å². The van der Waals surface area contributed by atoms with E-state index in [1.807, 2.05) is 12.1 Å². The van der Waals surface area contributed by atoms with Crippen molar-refractivity contribution in [3.63, 3.8) is 0 Å². The molecule has 0 saturated heterocycles. The highest BCUT2D eigenvalue weighted by molar-refractivity contribution is 5.16. The summed E-state index contributed by atoms with van der Waals surface area (Å²) in [5, 5.41) is 10.3. The molecule has 1 aliphatic rings. The highest BCUT2D eigenvalue weighted by Gasteiger charge is 2.27. The smallest absolute Gasteiger partial charge is 0.0634 e. The van der Waals surface area contributed by atoms with Crippen LogP contribution in [0.15, 0.2) is 24.5 Å². The van der Waals surface area contributed by atoms with Crippen molar-refractivity contribution in [3.05, 3.63) is 30.1 Å². The van der Waals surface area contributed by atoms with Gasteiger partial charge in [0, 0.05) is 18.3 Å². The molecule has 2 nitrogen and oxygen atoms in total. The predicted octanol–water partition coefficient (Wildman–Crippen LogP) is 2.74. The zero-order valence-electron chi connectivity index (χ0n) is 9.26. The molecule has 2 heteroatoms. The van der Waals surface area contributed by atoms with Gasteiger partial charge in [-0.25, -0.2) is 0 Å². The average Bonchev–Trinajstić information content (AvgIpc) is 2.82. The molecule has 0 aromatic carbocycles. The fourth-order valence-corrected chi connectivity index (χ4v) is 2.57. The quantitative estimate of drug-likeness (QED) is 0.823. The molecule has 1 aromatic heterocycles. The largest absolute Gasteiger partial charge is 0.392 e. The van der Waals surface area contributed by atoms with Crippen molar-refractivity contribution in [2.45, 2.75) is 44.6 Å². The number of nitrogens with zero attached hydrogens (tertiary/aromatic N) is 1. The fourth-order valence-electron chi connectivity index (χ4n) is 2.57. The summed E-state index contributed by atoms with van der Waals surface area (Å²) in [7, 11) is 0. The van der Waals surface area contributed by atoms with Crippen LogP contribution >= 0.6 is 0 Å². The number of hydrogen-bond donors (Lipinski definition) is 1.